The van der Waals surface area contributed by atoms with Crippen molar-refractivity contribution in [2.75, 3.05) is 5.32 Å². The summed E-state index contributed by atoms with van der Waals surface area (Å²) < 4.78 is 0. The van der Waals surface area contributed by atoms with Crippen molar-refractivity contribution in [1.82, 2.24) is 5.32 Å². The number of carbonyl (C=O) groups excluding carboxylic acids is 1. The number of hydrogen-bond acceptors (Lipinski definition) is 3. The molecule has 6 nitrogen and oxygen atoms in total. The molecular formula is C14H17N3O3. The van der Waals surface area contributed by atoms with Crippen molar-refractivity contribution >= 4 is 17.7 Å². The maximum absolute atomic E-state index is 11.7. The molecule has 2 amide bonds. The Morgan fingerprint density at radius 3 is 2.40 bits per heavy atom. The van der Waals surface area contributed by atoms with E-state index in [-0.39, 0.29) is 0 Å². The molecule has 0 heterocycles. The van der Waals surface area contributed by atoms with Gasteiger partial charge < -0.3 is 15.7 Å². The van der Waals surface area contributed by atoms with Crippen molar-refractivity contribution in [2.45, 2.75) is 26.3 Å². The average Bonchev–Trinajstić information content (AvgIpc) is 2.40. The van der Waals surface area contributed by atoms with Crippen LogP contribution in [0.5, 0.6) is 0 Å². The topological polar surface area (TPSA) is 102 Å². The van der Waals surface area contributed by atoms with E-state index in [0.717, 1.165) is 5.56 Å². The van der Waals surface area contributed by atoms with E-state index >= 15 is 0 Å². The van der Waals surface area contributed by atoms with Crippen LogP contribution in [0.15, 0.2) is 24.3 Å². The van der Waals surface area contributed by atoms with E-state index in [1.807, 2.05) is 6.07 Å². The average molecular weight is 275 g/mol. The van der Waals surface area contributed by atoms with E-state index in [1.54, 1.807) is 31.2 Å². The minimum Gasteiger partial charge on any atom is -0.481 e. The molecule has 0 aliphatic heterocycles. The fourth-order valence-electron chi connectivity index (χ4n) is 1.51. The summed E-state index contributed by atoms with van der Waals surface area (Å²) in [5.41, 5.74) is 1.45. The minimum absolute atomic E-state index is 0.319. The molecule has 1 rings (SSSR count). The number of hydrogen-bond donors (Lipinski definition) is 3. The number of nitriles is 1. The second kappa shape index (κ2) is 7.14. The summed E-state index contributed by atoms with van der Waals surface area (Å²) in [5, 5.41) is 22.6. The summed E-state index contributed by atoms with van der Waals surface area (Å²) in [5.74, 6) is -1.63. The summed E-state index contributed by atoms with van der Waals surface area (Å²) in [6, 6.07) is 7.99. The summed E-state index contributed by atoms with van der Waals surface area (Å²) in [4.78, 5) is 22.5. The zero-order valence-electron chi connectivity index (χ0n) is 11.4. The van der Waals surface area contributed by atoms with Gasteiger partial charge >= 0.3 is 12.0 Å². The molecule has 0 saturated heterocycles. The highest BCUT2D eigenvalue weighted by Crippen LogP contribution is 2.10. The van der Waals surface area contributed by atoms with Crippen molar-refractivity contribution in [3.63, 3.8) is 0 Å². The molecule has 6 heteroatoms. The molecule has 0 saturated carbocycles. The number of nitrogens with one attached hydrogen (secondary N) is 2. The summed E-state index contributed by atoms with van der Waals surface area (Å²) in [7, 11) is 0. The first-order chi connectivity index (χ1) is 9.43. The predicted molar refractivity (Wildman–Crippen MR) is 74.2 cm³/mol. The van der Waals surface area contributed by atoms with Crippen molar-refractivity contribution in [3.05, 3.63) is 29.8 Å². The molecule has 0 spiro atoms. The summed E-state index contributed by atoms with van der Waals surface area (Å²) in [6.45, 7) is 3.17. The van der Waals surface area contributed by atoms with Gasteiger partial charge in [-0.2, -0.15) is 5.26 Å². The number of carboxylic acids is 1. The van der Waals surface area contributed by atoms with Crippen LogP contribution in [0.3, 0.4) is 0 Å². The second-order valence-electron chi connectivity index (χ2n) is 4.55. The number of benzene rings is 1. The predicted octanol–water partition coefficient (Wildman–Crippen LogP) is 1.98. The van der Waals surface area contributed by atoms with Crippen LogP contribution < -0.4 is 10.6 Å². The van der Waals surface area contributed by atoms with Gasteiger partial charge in [-0.15, -0.1) is 0 Å². The molecular weight excluding hydrogens is 258 g/mol. The number of rotatable bonds is 5. The van der Waals surface area contributed by atoms with Crippen LogP contribution in [0.2, 0.25) is 0 Å². The lowest BCUT2D eigenvalue weighted by Crippen LogP contribution is -2.42. The first kappa shape index (κ1) is 15.5. The van der Waals surface area contributed by atoms with Crippen LogP contribution in [0, 0.1) is 17.2 Å². The molecule has 0 aliphatic carbocycles. The fraction of sp³-hybridized carbons (Fsp3) is 0.357. The number of carboxylic acid groups (broad SMARTS) is 1. The molecule has 2 atom stereocenters. The SMILES string of the molecule is CC(NC(=O)Nc1ccc(CC#N)cc1)C(C)C(=O)O. The fourth-order valence-corrected chi connectivity index (χ4v) is 1.51. The molecule has 20 heavy (non-hydrogen) atoms. The Hall–Kier alpha value is -2.55. The third kappa shape index (κ3) is 4.61. The van der Waals surface area contributed by atoms with Gasteiger partial charge in [0.15, 0.2) is 0 Å². The Kier molecular flexibility index (Phi) is 5.54. The van der Waals surface area contributed by atoms with E-state index < -0.39 is 24.0 Å². The molecule has 2 unspecified atom stereocenters. The van der Waals surface area contributed by atoms with Crippen molar-refractivity contribution in [2.24, 2.45) is 5.92 Å². The minimum atomic E-state index is -0.960. The Labute approximate surface area is 117 Å². The standard InChI is InChI=1S/C14H17N3O3/c1-9(13(18)19)10(2)16-14(20)17-12-5-3-11(4-6-12)7-8-15/h3-6,9-10H,7H2,1-2H3,(H,18,19)(H2,16,17,20). The first-order valence-electron chi connectivity index (χ1n) is 6.20. The Bertz CT molecular complexity index is 519. The Morgan fingerprint density at radius 1 is 1.30 bits per heavy atom. The molecule has 0 bridgehead atoms. The number of carbonyl (C=O) groups is 2. The third-order valence-electron chi connectivity index (χ3n) is 2.99. The number of anilines is 1. The largest absolute Gasteiger partial charge is 0.481 e. The molecule has 106 valence electrons. The lowest BCUT2D eigenvalue weighted by molar-refractivity contribution is -0.141. The van der Waals surface area contributed by atoms with Crippen molar-refractivity contribution < 1.29 is 14.7 Å². The summed E-state index contributed by atoms with van der Waals surface area (Å²) in [6.07, 6.45) is 0.319. The lowest BCUT2D eigenvalue weighted by atomic mass is 10.0. The van der Waals surface area contributed by atoms with Crippen LogP contribution in [-0.2, 0) is 11.2 Å². The van der Waals surface area contributed by atoms with Gasteiger partial charge in [0, 0.05) is 11.7 Å². The van der Waals surface area contributed by atoms with Gasteiger partial charge in [-0.3, -0.25) is 4.79 Å². The van der Waals surface area contributed by atoms with Gasteiger partial charge in [0.2, 0.25) is 0 Å². The normalized spacial score (nSPS) is 12.8. The Morgan fingerprint density at radius 2 is 1.90 bits per heavy atom. The maximum atomic E-state index is 11.7. The van der Waals surface area contributed by atoms with Gasteiger partial charge in [-0.05, 0) is 31.5 Å². The monoisotopic (exact) mass is 275 g/mol. The van der Waals surface area contributed by atoms with E-state index in [9.17, 15) is 9.59 Å². The number of urea groups is 1. The van der Waals surface area contributed by atoms with Crippen molar-refractivity contribution in [3.8, 4) is 6.07 Å². The zero-order valence-corrected chi connectivity index (χ0v) is 11.4. The number of amides is 2. The van der Waals surface area contributed by atoms with Crippen molar-refractivity contribution in [1.29, 1.82) is 5.26 Å². The highest BCUT2D eigenvalue weighted by Gasteiger charge is 2.20. The number of aliphatic carboxylic acids is 1. The quantitative estimate of drug-likeness (QED) is 0.764. The van der Waals surface area contributed by atoms with Crippen LogP contribution in [0.25, 0.3) is 0 Å². The van der Waals surface area contributed by atoms with E-state index in [2.05, 4.69) is 10.6 Å². The maximum Gasteiger partial charge on any atom is 0.319 e. The van der Waals surface area contributed by atoms with E-state index in [1.165, 1.54) is 6.92 Å². The molecule has 0 aliphatic rings. The van der Waals surface area contributed by atoms with E-state index in [4.69, 9.17) is 10.4 Å². The summed E-state index contributed by atoms with van der Waals surface area (Å²) >= 11 is 0. The highest BCUT2D eigenvalue weighted by atomic mass is 16.4. The molecule has 1 aromatic rings. The molecule has 3 N–H and O–H groups in total. The zero-order chi connectivity index (χ0) is 15.1. The van der Waals surface area contributed by atoms with Gasteiger partial charge in [0.05, 0.1) is 18.4 Å². The lowest BCUT2D eigenvalue weighted by Gasteiger charge is -2.18. The van der Waals surface area contributed by atoms with E-state index in [0.29, 0.717) is 12.1 Å². The smallest absolute Gasteiger partial charge is 0.319 e. The first-order valence-corrected chi connectivity index (χ1v) is 6.20. The van der Waals surface area contributed by atoms with Crippen LogP contribution in [0.1, 0.15) is 19.4 Å². The Balaban J connectivity index is 2.54. The van der Waals surface area contributed by atoms with Crippen LogP contribution in [0.4, 0.5) is 10.5 Å². The highest BCUT2D eigenvalue weighted by molar-refractivity contribution is 5.89. The number of nitrogens with zero attached hydrogens (tertiary/aromatic N) is 1. The van der Waals surface area contributed by atoms with Gasteiger partial charge in [-0.25, -0.2) is 4.79 Å². The van der Waals surface area contributed by atoms with Gasteiger partial charge in [0.1, 0.15) is 0 Å². The third-order valence-corrected chi connectivity index (χ3v) is 2.99. The molecule has 0 aromatic heterocycles. The second-order valence-corrected chi connectivity index (χ2v) is 4.55. The van der Waals surface area contributed by atoms with Crippen LogP contribution >= 0.6 is 0 Å². The molecule has 0 fully saturated rings. The molecule has 1 aromatic carbocycles. The molecule has 0 radical (unpaired) electrons. The van der Waals surface area contributed by atoms with Gasteiger partial charge in [0.25, 0.3) is 0 Å². The van der Waals surface area contributed by atoms with Gasteiger partial charge in [-0.1, -0.05) is 12.1 Å². The van der Waals surface area contributed by atoms with Crippen LogP contribution in [-0.4, -0.2) is 23.1 Å².